The van der Waals surface area contributed by atoms with E-state index in [1.165, 1.54) is 0 Å². The number of aliphatic hydroxyl groups is 1. The molecule has 1 saturated heterocycles. The summed E-state index contributed by atoms with van der Waals surface area (Å²) in [5, 5.41) is 18.8. The molecule has 4 heteroatoms. The van der Waals surface area contributed by atoms with Crippen molar-refractivity contribution in [3.8, 4) is 0 Å². The normalized spacial score (nSPS) is 24.5. The van der Waals surface area contributed by atoms with Crippen molar-refractivity contribution >= 4 is 5.97 Å². The number of carboxylic acids is 1. The Morgan fingerprint density at radius 3 is 2.76 bits per heavy atom. The second-order valence-corrected chi connectivity index (χ2v) is 4.45. The molecule has 2 N–H and O–H groups in total. The molecule has 92 valence electrons. The van der Waals surface area contributed by atoms with Gasteiger partial charge in [-0.25, -0.2) is 4.79 Å². The molecule has 0 aliphatic carbocycles. The lowest BCUT2D eigenvalue weighted by Crippen LogP contribution is -2.40. The fourth-order valence-corrected chi connectivity index (χ4v) is 2.41. The monoisotopic (exact) mass is 236 g/mol. The van der Waals surface area contributed by atoms with Crippen LogP contribution >= 0.6 is 0 Å². The van der Waals surface area contributed by atoms with Crippen LogP contribution in [0.5, 0.6) is 0 Å². The van der Waals surface area contributed by atoms with Crippen LogP contribution in [0.3, 0.4) is 0 Å². The van der Waals surface area contributed by atoms with Crippen LogP contribution in [-0.2, 0) is 10.2 Å². The van der Waals surface area contributed by atoms with Gasteiger partial charge in [-0.2, -0.15) is 0 Å². The van der Waals surface area contributed by atoms with Crippen LogP contribution in [0, 0.1) is 0 Å². The molecule has 0 radical (unpaired) electrons. The van der Waals surface area contributed by atoms with Crippen molar-refractivity contribution in [2.45, 2.75) is 18.3 Å². The van der Waals surface area contributed by atoms with Gasteiger partial charge in [-0.1, -0.05) is 18.2 Å². The first-order valence-corrected chi connectivity index (χ1v) is 5.71. The quantitative estimate of drug-likeness (QED) is 0.833. The molecular weight excluding hydrogens is 220 g/mol. The van der Waals surface area contributed by atoms with E-state index >= 15 is 0 Å². The van der Waals surface area contributed by atoms with Gasteiger partial charge >= 0.3 is 5.97 Å². The number of benzene rings is 1. The second kappa shape index (κ2) is 4.85. The Bertz CT molecular complexity index is 408. The number of carboxylic acid groups (broad SMARTS) is 1. The zero-order valence-electron chi connectivity index (χ0n) is 9.56. The highest BCUT2D eigenvalue weighted by molar-refractivity contribution is 5.89. The molecule has 4 nitrogen and oxygen atoms in total. The molecule has 1 aliphatic heterocycles. The van der Waals surface area contributed by atoms with Crippen molar-refractivity contribution < 1.29 is 19.7 Å². The number of hydrogen-bond donors (Lipinski definition) is 2. The first-order valence-electron chi connectivity index (χ1n) is 5.71. The Kier molecular flexibility index (Phi) is 3.45. The van der Waals surface area contributed by atoms with Crippen LogP contribution in [-0.4, -0.2) is 36.0 Å². The molecule has 1 atom stereocenters. The van der Waals surface area contributed by atoms with Gasteiger partial charge in [-0.05, 0) is 24.5 Å². The molecule has 2 rings (SSSR count). The first-order chi connectivity index (χ1) is 8.19. The van der Waals surface area contributed by atoms with E-state index in [0.717, 1.165) is 12.8 Å². The Morgan fingerprint density at radius 2 is 2.18 bits per heavy atom. The van der Waals surface area contributed by atoms with Crippen LogP contribution in [0.2, 0.25) is 0 Å². The fraction of sp³-hybridized carbons (Fsp3) is 0.462. The first kappa shape index (κ1) is 12.1. The van der Waals surface area contributed by atoms with E-state index in [1.807, 2.05) is 0 Å². The summed E-state index contributed by atoms with van der Waals surface area (Å²) >= 11 is 0. The largest absolute Gasteiger partial charge is 0.478 e. The van der Waals surface area contributed by atoms with Gasteiger partial charge in [0.15, 0.2) is 0 Å². The zero-order chi connectivity index (χ0) is 12.3. The van der Waals surface area contributed by atoms with Crippen LogP contribution < -0.4 is 0 Å². The molecule has 0 aromatic heterocycles. The Labute approximate surface area is 99.8 Å². The fourth-order valence-electron chi connectivity index (χ4n) is 2.41. The average molecular weight is 236 g/mol. The van der Waals surface area contributed by atoms with Crippen LogP contribution in [0.4, 0.5) is 0 Å². The van der Waals surface area contributed by atoms with E-state index in [-0.39, 0.29) is 12.2 Å². The summed E-state index contributed by atoms with van der Waals surface area (Å²) in [5.74, 6) is -0.959. The molecular formula is C13H16O4. The summed E-state index contributed by atoms with van der Waals surface area (Å²) in [6.07, 6.45) is 1.60. The number of aromatic carboxylic acids is 1. The van der Waals surface area contributed by atoms with Gasteiger partial charge in [0.1, 0.15) is 0 Å². The van der Waals surface area contributed by atoms with Crippen molar-refractivity contribution in [1.29, 1.82) is 0 Å². The van der Waals surface area contributed by atoms with Crippen molar-refractivity contribution in [2.75, 3.05) is 19.8 Å². The van der Waals surface area contributed by atoms with Crippen molar-refractivity contribution in [3.63, 3.8) is 0 Å². The minimum absolute atomic E-state index is 0.0860. The third-order valence-corrected chi connectivity index (χ3v) is 3.35. The van der Waals surface area contributed by atoms with Crippen LogP contribution in [0.15, 0.2) is 24.3 Å². The van der Waals surface area contributed by atoms with E-state index in [1.54, 1.807) is 24.3 Å². The summed E-state index contributed by atoms with van der Waals surface area (Å²) < 4.78 is 5.41. The zero-order valence-corrected chi connectivity index (χ0v) is 9.56. The molecule has 1 aromatic rings. The highest BCUT2D eigenvalue weighted by Gasteiger charge is 2.36. The topological polar surface area (TPSA) is 66.8 Å². The molecule has 0 spiro atoms. The van der Waals surface area contributed by atoms with Crippen molar-refractivity contribution in [3.05, 3.63) is 35.4 Å². The molecule has 1 heterocycles. The molecule has 0 bridgehead atoms. The maximum Gasteiger partial charge on any atom is 0.335 e. The van der Waals surface area contributed by atoms with E-state index in [4.69, 9.17) is 4.74 Å². The van der Waals surface area contributed by atoms with E-state index in [2.05, 4.69) is 0 Å². The molecule has 0 saturated carbocycles. The van der Waals surface area contributed by atoms with Gasteiger partial charge in [0.05, 0.1) is 18.8 Å². The maximum absolute atomic E-state index is 11.2. The molecule has 1 aliphatic rings. The SMILES string of the molecule is O=C(O)c1ccccc1[C@@]1(CO)CCCOC1. The standard InChI is InChI=1S/C13H16O4/c14-8-13(6-3-7-17-9-13)11-5-2-1-4-10(11)12(15)16/h1-2,4-5,14H,3,6-9H2,(H,15,16)/t13-/m1/s1. The number of carbonyl (C=O) groups is 1. The Balaban J connectivity index is 2.46. The number of hydrogen-bond acceptors (Lipinski definition) is 3. The third-order valence-electron chi connectivity index (χ3n) is 3.35. The second-order valence-electron chi connectivity index (χ2n) is 4.45. The average Bonchev–Trinajstić information content (AvgIpc) is 2.39. The Morgan fingerprint density at radius 1 is 1.41 bits per heavy atom. The lowest BCUT2D eigenvalue weighted by Gasteiger charge is -2.36. The third kappa shape index (κ3) is 2.18. The summed E-state index contributed by atoms with van der Waals surface area (Å²) in [5.41, 5.74) is 0.370. The van der Waals surface area contributed by atoms with Gasteiger partial charge in [-0.15, -0.1) is 0 Å². The molecule has 0 unspecified atom stereocenters. The van der Waals surface area contributed by atoms with Crippen molar-refractivity contribution in [2.24, 2.45) is 0 Å². The molecule has 17 heavy (non-hydrogen) atoms. The summed E-state index contributed by atoms with van der Waals surface area (Å²) in [7, 11) is 0. The number of ether oxygens (including phenoxy) is 1. The lowest BCUT2D eigenvalue weighted by molar-refractivity contribution is 0.00637. The smallest absolute Gasteiger partial charge is 0.335 e. The van der Waals surface area contributed by atoms with Gasteiger partial charge in [0.2, 0.25) is 0 Å². The number of rotatable bonds is 3. The van der Waals surface area contributed by atoms with E-state index in [9.17, 15) is 15.0 Å². The molecule has 1 fully saturated rings. The lowest BCUT2D eigenvalue weighted by atomic mass is 9.75. The minimum atomic E-state index is -0.959. The van der Waals surface area contributed by atoms with Gasteiger partial charge < -0.3 is 14.9 Å². The minimum Gasteiger partial charge on any atom is -0.478 e. The van der Waals surface area contributed by atoms with E-state index < -0.39 is 11.4 Å². The maximum atomic E-state index is 11.2. The predicted octanol–water partition coefficient (Wildman–Crippen LogP) is 1.43. The number of aliphatic hydroxyl groups excluding tert-OH is 1. The predicted molar refractivity (Wildman–Crippen MR) is 62.2 cm³/mol. The molecule has 0 amide bonds. The summed E-state index contributed by atoms with van der Waals surface area (Å²) in [6, 6.07) is 6.84. The molecule has 1 aromatic carbocycles. The van der Waals surface area contributed by atoms with Crippen LogP contribution in [0.25, 0.3) is 0 Å². The van der Waals surface area contributed by atoms with Crippen molar-refractivity contribution in [1.82, 2.24) is 0 Å². The Hall–Kier alpha value is -1.39. The van der Waals surface area contributed by atoms with Gasteiger partial charge in [0, 0.05) is 12.0 Å². The van der Waals surface area contributed by atoms with Crippen LogP contribution in [0.1, 0.15) is 28.8 Å². The highest BCUT2D eigenvalue weighted by atomic mass is 16.5. The van der Waals surface area contributed by atoms with Gasteiger partial charge in [0.25, 0.3) is 0 Å². The summed E-state index contributed by atoms with van der Waals surface area (Å²) in [4.78, 5) is 11.2. The van der Waals surface area contributed by atoms with E-state index in [0.29, 0.717) is 18.8 Å². The van der Waals surface area contributed by atoms with Gasteiger partial charge in [-0.3, -0.25) is 0 Å². The summed E-state index contributed by atoms with van der Waals surface area (Å²) in [6.45, 7) is 0.974. The highest BCUT2D eigenvalue weighted by Crippen LogP contribution is 2.34.